The summed E-state index contributed by atoms with van der Waals surface area (Å²) < 4.78 is 68.7. The van der Waals surface area contributed by atoms with Crippen molar-refractivity contribution in [3.8, 4) is 0 Å². The van der Waals surface area contributed by atoms with Crippen LogP contribution in [-0.2, 0) is 20.2 Å². The molecule has 0 aliphatic heterocycles. The minimum atomic E-state index is -4.99. The fourth-order valence-electron chi connectivity index (χ4n) is 3.46. The first-order chi connectivity index (χ1) is 16.8. The molecular weight excluding hydrogens is 601 g/mol. The number of fused-ring (bicyclic) bond motifs is 1. The number of azo groups is 1. The molecule has 1 fully saturated rings. The molecule has 190 valence electrons. The number of nitrogens with zero attached hydrogens (tertiary/aromatic N) is 3. The van der Waals surface area contributed by atoms with Crippen LogP contribution in [-0.4, -0.2) is 48.6 Å². The summed E-state index contributed by atoms with van der Waals surface area (Å²) in [5.74, 6) is -0.523. The summed E-state index contributed by atoms with van der Waals surface area (Å²) in [6, 6.07) is 9.98. The van der Waals surface area contributed by atoms with Crippen molar-refractivity contribution in [2.45, 2.75) is 33.5 Å². The summed E-state index contributed by atoms with van der Waals surface area (Å²) >= 11 is 12.1. The van der Waals surface area contributed by atoms with Gasteiger partial charge in [-0.2, -0.15) is 13.5 Å². The summed E-state index contributed by atoms with van der Waals surface area (Å²) in [6.07, 6.45) is 0. The molecule has 3 aromatic rings. The van der Waals surface area contributed by atoms with E-state index in [1.54, 1.807) is 6.07 Å². The Bertz CT molecular complexity index is 1640. The zero-order valence-electron chi connectivity index (χ0n) is 20.2. The summed E-state index contributed by atoms with van der Waals surface area (Å²) in [5.41, 5.74) is 0.634. The van der Waals surface area contributed by atoms with Gasteiger partial charge in [0.15, 0.2) is 0 Å². The molecule has 0 aromatic heterocycles. The molecular formula is C21H16Cl2N4Na2O7S2. The smallest absolute Gasteiger partial charge is 0.862 e. The van der Waals surface area contributed by atoms with E-state index in [-0.39, 0.29) is 104 Å². The molecule has 0 radical (unpaired) electrons. The number of benzene rings is 3. The van der Waals surface area contributed by atoms with Crippen LogP contribution >= 0.6 is 23.2 Å². The van der Waals surface area contributed by atoms with Crippen molar-refractivity contribution in [1.29, 1.82) is 0 Å². The molecule has 17 heteroatoms. The fraction of sp³-hybridized carbons (Fsp3) is 0.190. The van der Waals surface area contributed by atoms with E-state index in [4.69, 9.17) is 23.2 Å². The van der Waals surface area contributed by atoms with Gasteiger partial charge in [0.1, 0.15) is 20.7 Å². The van der Waals surface area contributed by atoms with Gasteiger partial charge in [0.05, 0.1) is 33.1 Å². The Hall–Kier alpha value is -0.810. The Balaban J connectivity index is 0.00000253. The van der Waals surface area contributed by atoms with Crippen LogP contribution in [0, 0.1) is 0 Å². The first kappa shape index (κ1) is 33.4. The van der Waals surface area contributed by atoms with Crippen molar-refractivity contribution in [3.05, 3.63) is 48.5 Å². The Labute approximate surface area is 272 Å². The quantitative estimate of drug-likeness (QED) is 0.0750. The maximum atomic E-state index is 12.0. The van der Waals surface area contributed by atoms with Crippen molar-refractivity contribution < 1.29 is 90.2 Å². The number of rotatable bonds is 7. The zero-order valence-corrected chi connectivity index (χ0v) is 27.3. The van der Waals surface area contributed by atoms with E-state index in [1.165, 1.54) is 31.2 Å². The van der Waals surface area contributed by atoms with E-state index in [1.807, 2.05) is 0 Å². The van der Waals surface area contributed by atoms with Gasteiger partial charge in [-0.25, -0.2) is 8.42 Å². The minimum Gasteiger partial charge on any atom is -0.862 e. The van der Waals surface area contributed by atoms with Gasteiger partial charge >= 0.3 is 59.1 Å². The van der Waals surface area contributed by atoms with Gasteiger partial charge in [-0.15, -0.1) is 28.3 Å². The number of halogens is 2. The second kappa shape index (κ2) is 12.8. The van der Waals surface area contributed by atoms with Crippen molar-refractivity contribution in [3.63, 3.8) is 0 Å². The average molecular weight is 617 g/mol. The molecule has 11 nitrogen and oxygen atoms in total. The third-order valence-corrected chi connectivity index (χ3v) is 8.16. The standard InChI is InChI=1S/C21H18Cl2N4O7S2.2Na/c1-10(28)24-16-8-11(25-21-19(22)20(21)23)5-6-15(16)27-26-12-7-14-13(18(9-12)36(32,33)34)3-2-4-17(14)35(29,30)31;;/h2-9,19-21,25H,1H3,(H,24,28)(H,29,30,31)(H,32,33,34);;/q;2*+1/p-2. The minimum absolute atomic E-state index is 0. The molecule has 0 heterocycles. The van der Waals surface area contributed by atoms with Gasteiger partial charge < -0.3 is 15.0 Å². The average Bonchev–Trinajstić information content (AvgIpc) is 3.34. The number of nitrogens with one attached hydrogen (secondary N) is 1. The van der Waals surface area contributed by atoms with Gasteiger partial charge in [-0.1, -0.05) is 12.1 Å². The zero-order chi connectivity index (χ0) is 26.4. The molecule has 0 bridgehead atoms. The van der Waals surface area contributed by atoms with Crippen LogP contribution in [0.2, 0.25) is 0 Å². The van der Waals surface area contributed by atoms with Crippen LogP contribution in [0.3, 0.4) is 0 Å². The molecule has 1 aliphatic rings. The SMILES string of the molecule is CC([O-])=Nc1cc(NC2C(Cl)C2Cl)ccc1N=Nc1cc(S(=O)(=O)O)c2cccc(S(=O)(=O)[O-])c2c1.[Na+].[Na+]. The van der Waals surface area contributed by atoms with Crippen molar-refractivity contribution in [2.24, 2.45) is 15.2 Å². The summed E-state index contributed by atoms with van der Waals surface area (Å²) in [6.45, 7) is 1.23. The monoisotopic (exact) mass is 616 g/mol. The van der Waals surface area contributed by atoms with E-state index in [2.05, 4.69) is 20.5 Å². The topological polar surface area (TPSA) is 184 Å². The molecule has 2 unspecified atom stereocenters. The number of hydrogen-bond donors (Lipinski definition) is 2. The second-order valence-corrected chi connectivity index (χ2v) is 11.6. The number of aliphatic imine (C=N–C) groups is 1. The van der Waals surface area contributed by atoms with E-state index in [0.29, 0.717) is 5.69 Å². The maximum Gasteiger partial charge on any atom is 1.00 e. The van der Waals surface area contributed by atoms with E-state index >= 15 is 0 Å². The Morgan fingerprint density at radius 1 is 0.921 bits per heavy atom. The molecule has 3 aromatic carbocycles. The van der Waals surface area contributed by atoms with Gasteiger partial charge in [0.2, 0.25) is 0 Å². The van der Waals surface area contributed by atoms with E-state index in [0.717, 1.165) is 18.2 Å². The number of hydrogen-bond acceptors (Lipinski definition) is 10. The Morgan fingerprint density at radius 2 is 1.58 bits per heavy atom. The maximum absolute atomic E-state index is 12.0. The van der Waals surface area contributed by atoms with E-state index in [9.17, 15) is 31.0 Å². The molecule has 0 spiro atoms. The first-order valence-electron chi connectivity index (χ1n) is 10.1. The largest absolute Gasteiger partial charge is 1.00 e. The summed E-state index contributed by atoms with van der Waals surface area (Å²) in [5, 5.41) is 21.7. The van der Waals surface area contributed by atoms with E-state index < -0.39 is 35.9 Å². The van der Waals surface area contributed by atoms with Crippen LogP contribution < -0.4 is 69.5 Å². The van der Waals surface area contributed by atoms with Gasteiger partial charge in [0.25, 0.3) is 10.1 Å². The Kier molecular flexibility index (Phi) is 11.2. The molecule has 0 saturated heterocycles. The van der Waals surface area contributed by atoms with Gasteiger partial charge in [-0.3, -0.25) is 9.55 Å². The molecule has 38 heavy (non-hydrogen) atoms. The predicted molar refractivity (Wildman–Crippen MR) is 132 cm³/mol. The first-order valence-corrected chi connectivity index (χ1v) is 13.8. The third-order valence-electron chi connectivity index (χ3n) is 5.16. The summed E-state index contributed by atoms with van der Waals surface area (Å²) in [7, 11) is -9.82. The Morgan fingerprint density at radius 3 is 2.13 bits per heavy atom. The molecule has 4 rings (SSSR count). The van der Waals surface area contributed by atoms with Crippen molar-refractivity contribution in [2.75, 3.05) is 5.32 Å². The summed E-state index contributed by atoms with van der Waals surface area (Å²) in [4.78, 5) is 2.54. The van der Waals surface area contributed by atoms with Crippen molar-refractivity contribution in [1.82, 2.24) is 0 Å². The molecule has 1 aliphatic carbocycles. The van der Waals surface area contributed by atoms with Crippen LogP contribution in [0.5, 0.6) is 0 Å². The molecule has 2 N–H and O–H groups in total. The van der Waals surface area contributed by atoms with Crippen LogP contribution in [0.15, 0.2) is 73.5 Å². The molecule has 2 atom stereocenters. The number of alkyl halides is 2. The fourth-order valence-corrected chi connectivity index (χ4v) is 5.53. The molecule has 1 saturated carbocycles. The van der Waals surface area contributed by atoms with Crippen LogP contribution in [0.4, 0.5) is 22.7 Å². The third kappa shape index (κ3) is 7.68. The van der Waals surface area contributed by atoms with Crippen molar-refractivity contribution >= 4 is 82.9 Å². The van der Waals surface area contributed by atoms with Crippen LogP contribution in [0.25, 0.3) is 10.8 Å². The van der Waals surface area contributed by atoms with Gasteiger partial charge in [-0.05, 0) is 49.2 Å². The molecule has 0 amide bonds. The normalized spacial score (nSPS) is 19.6. The van der Waals surface area contributed by atoms with Gasteiger partial charge in [0, 0.05) is 16.5 Å². The van der Waals surface area contributed by atoms with Crippen LogP contribution in [0.1, 0.15) is 6.92 Å². The predicted octanol–water partition coefficient (Wildman–Crippen LogP) is -2.17. The second-order valence-electron chi connectivity index (χ2n) is 7.82. The number of anilines is 1.